The van der Waals surface area contributed by atoms with Gasteiger partial charge in [-0.05, 0) is 13.0 Å². The first-order valence-electron chi connectivity index (χ1n) is 4.98. The Morgan fingerprint density at radius 1 is 1.31 bits per heavy atom. The van der Waals surface area contributed by atoms with Crippen molar-refractivity contribution >= 4 is 0 Å². The number of phenols is 1. The van der Waals surface area contributed by atoms with Crippen LogP contribution < -0.4 is 5.32 Å². The van der Waals surface area contributed by atoms with Gasteiger partial charge >= 0.3 is 6.18 Å². The minimum Gasteiger partial charge on any atom is -0.508 e. The summed E-state index contributed by atoms with van der Waals surface area (Å²) in [4.78, 5) is 0. The third-order valence-electron chi connectivity index (χ3n) is 2.26. The van der Waals surface area contributed by atoms with Crippen molar-refractivity contribution in [3.63, 3.8) is 0 Å². The zero-order valence-electron chi connectivity index (χ0n) is 8.88. The monoisotopic (exact) mass is 233 g/mol. The lowest BCUT2D eigenvalue weighted by Gasteiger charge is -2.16. The number of halogens is 3. The standard InChI is InChI=1S/C11H14F3NO/c1-8(15-7-6-11(12,13)14)9-4-2-3-5-10(9)16/h2-5,8,15-16H,6-7H2,1H3. The van der Waals surface area contributed by atoms with Crippen molar-refractivity contribution in [2.24, 2.45) is 0 Å². The average molecular weight is 233 g/mol. The fourth-order valence-corrected chi connectivity index (χ4v) is 1.39. The van der Waals surface area contributed by atoms with Gasteiger partial charge in [0.2, 0.25) is 0 Å². The normalized spacial score (nSPS) is 13.8. The van der Waals surface area contributed by atoms with Crippen LogP contribution in [0, 0.1) is 0 Å². The van der Waals surface area contributed by atoms with E-state index in [0.29, 0.717) is 5.56 Å². The maximum Gasteiger partial charge on any atom is 0.390 e. The molecule has 1 rings (SSSR count). The minimum absolute atomic E-state index is 0.0921. The van der Waals surface area contributed by atoms with Gasteiger partial charge in [0.1, 0.15) is 5.75 Å². The summed E-state index contributed by atoms with van der Waals surface area (Å²) < 4.78 is 35.7. The van der Waals surface area contributed by atoms with Gasteiger partial charge in [0.15, 0.2) is 0 Å². The van der Waals surface area contributed by atoms with Crippen molar-refractivity contribution in [3.8, 4) is 5.75 Å². The topological polar surface area (TPSA) is 32.3 Å². The number of benzene rings is 1. The maximum absolute atomic E-state index is 11.9. The molecule has 0 aliphatic heterocycles. The fraction of sp³-hybridized carbons (Fsp3) is 0.455. The highest BCUT2D eigenvalue weighted by atomic mass is 19.4. The lowest BCUT2D eigenvalue weighted by Crippen LogP contribution is -2.24. The molecule has 1 unspecified atom stereocenters. The molecule has 1 atom stereocenters. The van der Waals surface area contributed by atoms with Crippen molar-refractivity contribution in [1.82, 2.24) is 5.32 Å². The molecule has 1 aromatic rings. The number of rotatable bonds is 4. The second-order valence-electron chi connectivity index (χ2n) is 3.60. The van der Waals surface area contributed by atoms with E-state index in [-0.39, 0.29) is 18.3 Å². The van der Waals surface area contributed by atoms with Crippen LogP contribution in [0.2, 0.25) is 0 Å². The Bertz CT molecular complexity index is 338. The fourth-order valence-electron chi connectivity index (χ4n) is 1.39. The van der Waals surface area contributed by atoms with E-state index in [1.807, 2.05) is 0 Å². The van der Waals surface area contributed by atoms with Crippen LogP contribution in [0.4, 0.5) is 13.2 Å². The molecule has 2 N–H and O–H groups in total. The van der Waals surface area contributed by atoms with Crippen LogP contribution in [0.5, 0.6) is 5.75 Å². The van der Waals surface area contributed by atoms with Crippen LogP contribution in [0.25, 0.3) is 0 Å². The molecule has 0 aliphatic carbocycles. The molecular weight excluding hydrogens is 219 g/mol. The number of phenolic OH excluding ortho intramolecular Hbond substituents is 1. The molecule has 0 saturated heterocycles. The summed E-state index contributed by atoms with van der Waals surface area (Å²) in [6.45, 7) is 1.56. The number of hydrogen-bond acceptors (Lipinski definition) is 2. The predicted octanol–water partition coefficient (Wildman–Crippen LogP) is 3.00. The van der Waals surface area contributed by atoms with Gasteiger partial charge in [-0.1, -0.05) is 18.2 Å². The average Bonchev–Trinajstić information content (AvgIpc) is 2.16. The molecule has 16 heavy (non-hydrogen) atoms. The third-order valence-corrected chi connectivity index (χ3v) is 2.26. The van der Waals surface area contributed by atoms with E-state index in [4.69, 9.17) is 0 Å². The van der Waals surface area contributed by atoms with Crippen LogP contribution in [-0.2, 0) is 0 Å². The van der Waals surface area contributed by atoms with Crippen molar-refractivity contribution in [2.45, 2.75) is 25.6 Å². The molecule has 0 saturated carbocycles. The summed E-state index contributed by atoms with van der Waals surface area (Å²) in [6.07, 6.45) is -5.02. The van der Waals surface area contributed by atoms with E-state index in [1.54, 1.807) is 25.1 Å². The lowest BCUT2D eigenvalue weighted by molar-refractivity contribution is -0.133. The molecule has 0 spiro atoms. The van der Waals surface area contributed by atoms with E-state index in [2.05, 4.69) is 5.32 Å². The molecule has 0 aliphatic rings. The van der Waals surface area contributed by atoms with Crippen molar-refractivity contribution in [2.75, 3.05) is 6.54 Å². The minimum atomic E-state index is -4.15. The largest absolute Gasteiger partial charge is 0.508 e. The molecule has 0 amide bonds. The number of aromatic hydroxyl groups is 1. The number of para-hydroxylation sites is 1. The molecule has 5 heteroatoms. The Hall–Kier alpha value is -1.23. The van der Waals surface area contributed by atoms with Gasteiger partial charge < -0.3 is 10.4 Å². The predicted molar refractivity (Wildman–Crippen MR) is 55.2 cm³/mol. The van der Waals surface area contributed by atoms with E-state index in [0.717, 1.165) is 0 Å². The first kappa shape index (κ1) is 12.8. The molecule has 2 nitrogen and oxygen atoms in total. The summed E-state index contributed by atoms with van der Waals surface area (Å²) in [7, 11) is 0. The van der Waals surface area contributed by atoms with Gasteiger partial charge in [0, 0.05) is 18.2 Å². The Morgan fingerprint density at radius 2 is 1.94 bits per heavy atom. The number of hydrogen-bond donors (Lipinski definition) is 2. The third kappa shape index (κ3) is 4.10. The van der Waals surface area contributed by atoms with Crippen LogP contribution in [0.3, 0.4) is 0 Å². The second kappa shape index (κ2) is 5.21. The van der Waals surface area contributed by atoms with Gasteiger partial charge in [-0.25, -0.2) is 0 Å². The van der Waals surface area contributed by atoms with Crippen LogP contribution in [-0.4, -0.2) is 17.8 Å². The summed E-state index contributed by atoms with van der Waals surface area (Å²) in [5, 5.41) is 12.2. The smallest absolute Gasteiger partial charge is 0.390 e. The van der Waals surface area contributed by atoms with Gasteiger partial charge in [-0.3, -0.25) is 0 Å². The number of nitrogens with one attached hydrogen (secondary N) is 1. The van der Waals surface area contributed by atoms with E-state index < -0.39 is 12.6 Å². The molecule has 1 aromatic carbocycles. The second-order valence-corrected chi connectivity index (χ2v) is 3.60. The summed E-state index contributed by atoms with van der Waals surface area (Å²) in [5.41, 5.74) is 0.602. The summed E-state index contributed by atoms with van der Waals surface area (Å²) >= 11 is 0. The lowest BCUT2D eigenvalue weighted by atomic mass is 10.1. The van der Waals surface area contributed by atoms with Crippen molar-refractivity contribution in [1.29, 1.82) is 0 Å². The SMILES string of the molecule is CC(NCCC(F)(F)F)c1ccccc1O. The molecular formula is C11H14F3NO. The van der Waals surface area contributed by atoms with Crippen molar-refractivity contribution in [3.05, 3.63) is 29.8 Å². The maximum atomic E-state index is 11.9. The Kier molecular flexibility index (Phi) is 4.18. The molecule has 90 valence electrons. The zero-order valence-corrected chi connectivity index (χ0v) is 8.88. The first-order valence-corrected chi connectivity index (χ1v) is 4.98. The number of alkyl halides is 3. The van der Waals surface area contributed by atoms with Crippen LogP contribution >= 0.6 is 0 Å². The molecule has 0 radical (unpaired) electrons. The summed E-state index contributed by atoms with van der Waals surface area (Å²) in [6, 6.07) is 6.29. The van der Waals surface area contributed by atoms with E-state index >= 15 is 0 Å². The molecule has 0 fully saturated rings. The van der Waals surface area contributed by atoms with Gasteiger partial charge in [0.05, 0.1) is 6.42 Å². The van der Waals surface area contributed by atoms with Crippen molar-refractivity contribution < 1.29 is 18.3 Å². The van der Waals surface area contributed by atoms with E-state index in [9.17, 15) is 18.3 Å². The highest BCUT2D eigenvalue weighted by Crippen LogP contribution is 2.24. The quantitative estimate of drug-likeness (QED) is 0.837. The Labute approximate surface area is 92.1 Å². The Balaban J connectivity index is 2.47. The van der Waals surface area contributed by atoms with Crippen LogP contribution in [0.15, 0.2) is 24.3 Å². The summed E-state index contributed by atoms with van der Waals surface area (Å²) in [5.74, 6) is 0.0921. The highest BCUT2D eigenvalue weighted by Gasteiger charge is 2.26. The van der Waals surface area contributed by atoms with Gasteiger partial charge in [-0.2, -0.15) is 13.2 Å². The molecule has 0 bridgehead atoms. The first-order chi connectivity index (χ1) is 7.40. The van der Waals surface area contributed by atoms with Gasteiger partial charge in [-0.15, -0.1) is 0 Å². The van der Waals surface area contributed by atoms with E-state index in [1.165, 1.54) is 6.07 Å². The highest BCUT2D eigenvalue weighted by molar-refractivity contribution is 5.34. The Morgan fingerprint density at radius 3 is 2.50 bits per heavy atom. The molecule has 0 heterocycles. The van der Waals surface area contributed by atoms with Gasteiger partial charge in [0.25, 0.3) is 0 Å². The molecule has 0 aromatic heterocycles. The van der Waals surface area contributed by atoms with Crippen LogP contribution in [0.1, 0.15) is 24.9 Å². The zero-order chi connectivity index (χ0) is 12.2.